The van der Waals surface area contributed by atoms with E-state index in [-0.39, 0.29) is 30.1 Å². The molecule has 0 aromatic heterocycles. The Labute approximate surface area is 137 Å². The summed E-state index contributed by atoms with van der Waals surface area (Å²) in [6, 6.07) is 3.97. The maximum absolute atomic E-state index is 12.3. The number of amides is 1. The first-order valence-corrected chi connectivity index (χ1v) is 8.07. The number of carbonyl (C=O) groups excluding carboxylic acids is 1. The minimum Gasteiger partial charge on any atom is -0.467 e. The Morgan fingerprint density at radius 2 is 1.83 bits per heavy atom. The number of aliphatic hydroxyl groups is 1. The van der Waals surface area contributed by atoms with Gasteiger partial charge < -0.3 is 15.6 Å². The van der Waals surface area contributed by atoms with E-state index in [4.69, 9.17) is 10.5 Å². The Hall–Kier alpha value is -2.05. The number of ether oxygens (including phenoxy) is 1. The van der Waals surface area contributed by atoms with E-state index in [0.29, 0.717) is 12.8 Å². The van der Waals surface area contributed by atoms with Gasteiger partial charge in [0.15, 0.2) is 5.41 Å². The molecule has 1 amide bonds. The van der Waals surface area contributed by atoms with E-state index in [1.807, 2.05) is 26.0 Å². The molecule has 1 aliphatic rings. The largest absolute Gasteiger partial charge is 0.467 e. The van der Waals surface area contributed by atoms with E-state index < -0.39 is 23.0 Å². The van der Waals surface area contributed by atoms with E-state index in [1.165, 1.54) is 0 Å². The van der Waals surface area contributed by atoms with Crippen LogP contribution in [0.25, 0.3) is 0 Å². The zero-order valence-electron chi connectivity index (χ0n) is 14.2. The fraction of sp³-hybridized carbons (Fsp3) is 0.706. The molecular weight excluding hydrogens is 294 g/mol. The van der Waals surface area contributed by atoms with Gasteiger partial charge in [-0.25, -0.2) is 0 Å². The smallest absolute Gasteiger partial charge is 0.244 e. The lowest BCUT2D eigenvalue weighted by molar-refractivity contribution is -0.205. The quantitative estimate of drug-likeness (QED) is 0.778. The fourth-order valence-corrected chi connectivity index (χ4v) is 3.73. The molecular formula is C17H25N3O3. The third kappa shape index (κ3) is 2.38. The number of carbonyl (C=O) groups is 1. The highest BCUT2D eigenvalue weighted by molar-refractivity contribution is 5.90. The predicted molar refractivity (Wildman–Crippen MR) is 84.1 cm³/mol. The highest BCUT2D eigenvalue weighted by Crippen LogP contribution is 2.57. The van der Waals surface area contributed by atoms with Gasteiger partial charge in [-0.2, -0.15) is 10.5 Å². The molecule has 0 bridgehead atoms. The van der Waals surface area contributed by atoms with Crippen LogP contribution in [-0.2, 0) is 9.53 Å². The second kappa shape index (κ2) is 7.02. The molecule has 1 aliphatic heterocycles. The van der Waals surface area contributed by atoms with Gasteiger partial charge in [-0.05, 0) is 25.7 Å². The van der Waals surface area contributed by atoms with Crippen LogP contribution in [0.3, 0.4) is 0 Å². The van der Waals surface area contributed by atoms with Crippen LogP contribution in [0, 0.1) is 39.4 Å². The van der Waals surface area contributed by atoms with Crippen LogP contribution in [0.1, 0.15) is 53.4 Å². The van der Waals surface area contributed by atoms with Crippen molar-refractivity contribution in [2.24, 2.45) is 22.5 Å². The van der Waals surface area contributed by atoms with Crippen LogP contribution >= 0.6 is 0 Å². The number of nitrogens with zero attached hydrogens (tertiary/aromatic N) is 2. The normalized spacial score (nSPS) is 26.3. The van der Waals surface area contributed by atoms with Gasteiger partial charge in [0.25, 0.3) is 0 Å². The lowest BCUT2D eigenvalue weighted by Crippen LogP contribution is -2.60. The molecule has 2 atom stereocenters. The molecule has 0 aromatic rings. The molecule has 3 N–H and O–H groups in total. The first kappa shape index (κ1) is 19.0. The average molecular weight is 319 g/mol. The molecule has 1 heterocycles. The molecule has 6 nitrogen and oxygen atoms in total. The molecule has 0 radical (unpaired) electrons. The van der Waals surface area contributed by atoms with Gasteiger partial charge >= 0.3 is 0 Å². The molecule has 2 unspecified atom stereocenters. The van der Waals surface area contributed by atoms with Crippen LogP contribution in [0.15, 0.2) is 11.3 Å². The second-order valence-corrected chi connectivity index (χ2v) is 5.92. The summed E-state index contributed by atoms with van der Waals surface area (Å²) in [7, 11) is 0. The van der Waals surface area contributed by atoms with Gasteiger partial charge in [0.2, 0.25) is 12.2 Å². The lowest BCUT2D eigenvalue weighted by Gasteiger charge is -2.50. The number of hydrogen-bond acceptors (Lipinski definition) is 5. The summed E-state index contributed by atoms with van der Waals surface area (Å²) >= 11 is 0. The molecule has 1 rings (SSSR count). The maximum atomic E-state index is 12.3. The molecule has 126 valence electrons. The summed E-state index contributed by atoms with van der Waals surface area (Å²) in [5.41, 5.74) is 2.42. The van der Waals surface area contributed by atoms with Crippen molar-refractivity contribution in [3.8, 4) is 12.1 Å². The lowest BCUT2D eigenvalue weighted by atomic mass is 9.55. The Kier molecular flexibility index (Phi) is 5.80. The predicted octanol–water partition coefficient (Wildman–Crippen LogP) is 2.35. The summed E-state index contributed by atoms with van der Waals surface area (Å²) in [6.07, 6.45) is 0.521. The Balaban J connectivity index is 3.88. The number of aliphatic hydroxyl groups excluding tert-OH is 1. The number of rotatable bonds is 6. The Morgan fingerprint density at radius 3 is 2.13 bits per heavy atom. The maximum Gasteiger partial charge on any atom is 0.244 e. The van der Waals surface area contributed by atoms with Crippen molar-refractivity contribution in [1.29, 1.82) is 10.5 Å². The molecule has 6 heteroatoms. The van der Waals surface area contributed by atoms with Gasteiger partial charge in [0.05, 0.1) is 17.1 Å². The summed E-state index contributed by atoms with van der Waals surface area (Å²) < 4.78 is 5.69. The third-order valence-electron chi connectivity index (χ3n) is 5.35. The first-order chi connectivity index (χ1) is 10.9. The minimum atomic E-state index is -1.89. The number of allylic oxidation sites excluding steroid dienone is 1. The molecule has 0 saturated heterocycles. The second-order valence-electron chi connectivity index (χ2n) is 5.92. The fourth-order valence-electron chi connectivity index (χ4n) is 3.73. The molecule has 0 saturated carbocycles. The SMILES string of the molecule is CCC(CC)C1=C(C#N)C(C#N)(C(N)=O)C(CC)(CC)C(O)O1. The number of hydrogen-bond donors (Lipinski definition) is 2. The van der Waals surface area contributed by atoms with Crippen molar-refractivity contribution in [1.82, 2.24) is 0 Å². The molecule has 0 aromatic carbocycles. The summed E-state index contributed by atoms with van der Waals surface area (Å²) in [5, 5.41) is 30.2. The van der Waals surface area contributed by atoms with Gasteiger partial charge in [0.1, 0.15) is 11.8 Å². The van der Waals surface area contributed by atoms with E-state index in [9.17, 15) is 20.4 Å². The van der Waals surface area contributed by atoms with Crippen LogP contribution in [0.2, 0.25) is 0 Å². The number of nitrogens with two attached hydrogens (primary N) is 1. The highest BCUT2D eigenvalue weighted by Gasteiger charge is 2.65. The topological polar surface area (TPSA) is 120 Å². The summed E-state index contributed by atoms with van der Waals surface area (Å²) in [4.78, 5) is 12.3. The van der Waals surface area contributed by atoms with Crippen molar-refractivity contribution >= 4 is 5.91 Å². The van der Waals surface area contributed by atoms with E-state index in [2.05, 4.69) is 0 Å². The van der Waals surface area contributed by atoms with Crippen LogP contribution in [0.5, 0.6) is 0 Å². The zero-order valence-corrected chi connectivity index (χ0v) is 14.2. The van der Waals surface area contributed by atoms with Crippen LogP contribution in [-0.4, -0.2) is 17.3 Å². The summed E-state index contributed by atoms with van der Waals surface area (Å²) in [5.74, 6) is -0.841. The zero-order chi connectivity index (χ0) is 17.8. The molecule has 23 heavy (non-hydrogen) atoms. The van der Waals surface area contributed by atoms with Crippen molar-refractivity contribution in [2.75, 3.05) is 0 Å². The van der Waals surface area contributed by atoms with Gasteiger partial charge in [-0.1, -0.05) is 27.7 Å². The van der Waals surface area contributed by atoms with Gasteiger partial charge in [-0.15, -0.1) is 0 Å². The minimum absolute atomic E-state index is 0.0461. The van der Waals surface area contributed by atoms with E-state index >= 15 is 0 Å². The number of primary amides is 1. The van der Waals surface area contributed by atoms with Crippen molar-refractivity contribution < 1.29 is 14.6 Å². The molecule has 0 spiro atoms. The number of nitriles is 2. The van der Waals surface area contributed by atoms with Crippen LogP contribution < -0.4 is 5.73 Å². The van der Waals surface area contributed by atoms with Crippen molar-refractivity contribution in [2.45, 2.75) is 59.7 Å². The van der Waals surface area contributed by atoms with Crippen LogP contribution in [0.4, 0.5) is 0 Å². The van der Waals surface area contributed by atoms with E-state index in [1.54, 1.807) is 13.8 Å². The standard InChI is InChI=1S/C17H25N3O3/c1-5-11(6-2)13-12(9-18)17(10-19,14(20)21)16(7-3,8-4)15(22)23-13/h11,15,22H,5-8H2,1-4H3,(H2,20,21). The first-order valence-electron chi connectivity index (χ1n) is 8.07. The van der Waals surface area contributed by atoms with E-state index in [0.717, 1.165) is 0 Å². The summed E-state index contributed by atoms with van der Waals surface area (Å²) in [6.45, 7) is 7.35. The monoisotopic (exact) mass is 319 g/mol. The molecule has 0 aliphatic carbocycles. The Morgan fingerprint density at radius 1 is 1.30 bits per heavy atom. The highest BCUT2D eigenvalue weighted by atomic mass is 16.6. The average Bonchev–Trinajstić information content (AvgIpc) is 2.55. The Bertz CT molecular complexity index is 577. The third-order valence-corrected chi connectivity index (χ3v) is 5.35. The molecule has 0 fully saturated rings. The van der Waals surface area contributed by atoms with Crippen molar-refractivity contribution in [3.05, 3.63) is 11.3 Å². The van der Waals surface area contributed by atoms with Gasteiger partial charge in [-0.3, -0.25) is 4.79 Å². The van der Waals surface area contributed by atoms with Crippen molar-refractivity contribution in [3.63, 3.8) is 0 Å². The van der Waals surface area contributed by atoms with Gasteiger partial charge in [0, 0.05) is 5.92 Å².